The highest BCUT2D eigenvalue weighted by Crippen LogP contribution is 2.34. The molecule has 3 rings (SSSR count). The summed E-state index contributed by atoms with van der Waals surface area (Å²) in [6.07, 6.45) is -1.64. The average molecular weight is 516 g/mol. The van der Waals surface area contributed by atoms with Gasteiger partial charge in [-0.25, -0.2) is 23.7 Å². The number of aliphatic hydroxyl groups is 3. The van der Waals surface area contributed by atoms with Crippen molar-refractivity contribution in [3.8, 4) is 6.07 Å². The molecule has 0 aliphatic carbocycles. The van der Waals surface area contributed by atoms with E-state index in [9.17, 15) is 28.5 Å². The van der Waals surface area contributed by atoms with Crippen LogP contribution in [0.3, 0.4) is 0 Å². The highest BCUT2D eigenvalue weighted by Gasteiger charge is 2.44. The van der Waals surface area contributed by atoms with Crippen LogP contribution >= 0.6 is 23.4 Å². The lowest BCUT2D eigenvalue weighted by atomic mass is 9.97. The van der Waals surface area contributed by atoms with Crippen molar-refractivity contribution in [3.63, 3.8) is 0 Å². The molecule has 14 heteroatoms. The SMILES string of the molecule is N#Cc1ncc(S[C@H]2OC(CO)[C@H](O)C(N/C=C(\N=N)c3cc(F)c(F)c(F)c3)C2O)cc1Cl. The monoisotopic (exact) mass is 515 g/mol. The molecule has 34 heavy (non-hydrogen) atoms. The maximum absolute atomic E-state index is 13.6. The van der Waals surface area contributed by atoms with Gasteiger partial charge in [-0.2, -0.15) is 10.4 Å². The number of rotatable bonds is 7. The Morgan fingerprint density at radius 1 is 1.29 bits per heavy atom. The lowest BCUT2D eigenvalue weighted by molar-refractivity contribution is -0.164. The first-order valence-electron chi connectivity index (χ1n) is 9.53. The minimum atomic E-state index is -1.68. The van der Waals surface area contributed by atoms with Crippen molar-refractivity contribution in [2.24, 2.45) is 5.11 Å². The molecule has 5 N–H and O–H groups in total. The third-order valence-electron chi connectivity index (χ3n) is 4.87. The molecule has 1 aliphatic heterocycles. The second-order valence-corrected chi connectivity index (χ2v) is 8.60. The number of hydrogen-bond acceptors (Lipinski definition) is 10. The Morgan fingerprint density at radius 3 is 2.53 bits per heavy atom. The van der Waals surface area contributed by atoms with E-state index in [1.165, 1.54) is 12.3 Å². The van der Waals surface area contributed by atoms with E-state index in [0.29, 0.717) is 17.0 Å². The number of hydrogen-bond donors (Lipinski definition) is 5. The van der Waals surface area contributed by atoms with Crippen molar-refractivity contribution in [3.05, 3.63) is 64.3 Å². The van der Waals surface area contributed by atoms with Crippen molar-refractivity contribution in [1.82, 2.24) is 10.3 Å². The number of aromatic nitrogens is 1. The molecule has 1 aromatic carbocycles. The van der Waals surface area contributed by atoms with Gasteiger partial charge < -0.3 is 25.4 Å². The van der Waals surface area contributed by atoms with E-state index < -0.39 is 53.8 Å². The van der Waals surface area contributed by atoms with Gasteiger partial charge in [0.15, 0.2) is 23.1 Å². The molecule has 5 atom stereocenters. The molecule has 1 fully saturated rings. The molecule has 0 bridgehead atoms. The third kappa shape index (κ3) is 5.49. The van der Waals surface area contributed by atoms with Crippen LogP contribution < -0.4 is 5.32 Å². The summed E-state index contributed by atoms with van der Waals surface area (Å²) < 4.78 is 45.9. The molecule has 0 saturated carbocycles. The molecule has 0 radical (unpaired) electrons. The Morgan fingerprint density at radius 2 is 1.97 bits per heavy atom. The minimum absolute atomic E-state index is 0.00445. The standard InChI is InChI=1S/C20H17ClF3N5O4S/c21-10-3-9(5-27-13(10)4-25)34-20-19(32)17(18(31)15(7-30)33-20)28-6-14(29-26)8-1-11(22)16(24)12(23)2-8/h1-3,5-6,15,17-20,26,28,30-32H,7H2/b14-6-,29-26?/t15?,17?,18-,19?,20+/m0/s1. The number of nitrogens with one attached hydrogen (secondary N) is 2. The molecule has 2 heterocycles. The largest absolute Gasteiger partial charge is 0.394 e. The zero-order chi connectivity index (χ0) is 25.0. The van der Waals surface area contributed by atoms with E-state index in [4.69, 9.17) is 27.1 Å². The first-order valence-corrected chi connectivity index (χ1v) is 10.8. The summed E-state index contributed by atoms with van der Waals surface area (Å²) in [5.74, 6) is -4.65. The minimum Gasteiger partial charge on any atom is -0.394 e. The van der Waals surface area contributed by atoms with Gasteiger partial charge in [-0.1, -0.05) is 23.4 Å². The molecule has 1 aliphatic rings. The van der Waals surface area contributed by atoms with Crippen LogP contribution in [0, 0.1) is 34.3 Å². The molecule has 0 spiro atoms. The van der Waals surface area contributed by atoms with Gasteiger partial charge in [0, 0.05) is 22.9 Å². The molecule has 3 unspecified atom stereocenters. The Kier molecular flexibility index (Phi) is 8.47. The van der Waals surface area contributed by atoms with Crippen LogP contribution in [0.5, 0.6) is 0 Å². The molecule has 0 amide bonds. The lowest BCUT2D eigenvalue weighted by Crippen LogP contribution is -2.61. The molecular formula is C20H17ClF3N5O4S. The summed E-state index contributed by atoms with van der Waals surface area (Å²) in [7, 11) is 0. The Labute approximate surface area is 200 Å². The topological polar surface area (TPSA) is 155 Å². The number of halogens is 4. The number of benzene rings is 1. The summed E-state index contributed by atoms with van der Waals surface area (Å²) in [5, 5.41) is 45.7. The molecule has 1 aromatic heterocycles. The molecule has 1 saturated heterocycles. The number of aliphatic hydroxyl groups excluding tert-OH is 3. The summed E-state index contributed by atoms with van der Waals surface area (Å²) in [6.45, 7) is -0.608. The Balaban J connectivity index is 1.85. The molecule has 180 valence electrons. The van der Waals surface area contributed by atoms with Gasteiger partial charge in [-0.3, -0.25) is 0 Å². The predicted octanol–water partition coefficient (Wildman–Crippen LogP) is 2.54. The summed E-state index contributed by atoms with van der Waals surface area (Å²) in [6, 6.07) is 3.34. The van der Waals surface area contributed by atoms with Crippen molar-refractivity contribution in [1.29, 1.82) is 10.8 Å². The van der Waals surface area contributed by atoms with Crippen LogP contribution in [-0.2, 0) is 4.74 Å². The summed E-state index contributed by atoms with van der Waals surface area (Å²) in [4.78, 5) is 4.31. The van der Waals surface area contributed by atoms with Gasteiger partial charge in [0.25, 0.3) is 0 Å². The van der Waals surface area contributed by atoms with Gasteiger partial charge in [-0.15, -0.1) is 0 Å². The van der Waals surface area contributed by atoms with Gasteiger partial charge >= 0.3 is 0 Å². The zero-order valence-corrected chi connectivity index (χ0v) is 18.6. The van der Waals surface area contributed by atoms with E-state index in [2.05, 4.69) is 15.4 Å². The second kappa shape index (κ2) is 11.1. The first kappa shape index (κ1) is 25.9. The van der Waals surface area contributed by atoms with E-state index in [-0.39, 0.29) is 22.0 Å². The fraction of sp³-hybridized carbons (Fsp3) is 0.300. The number of nitrogens with zero attached hydrogens (tertiary/aromatic N) is 3. The quantitative estimate of drug-likeness (QED) is 0.278. The van der Waals surface area contributed by atoms with Crippen molar-refractivity contribution in [2.75, 3.05) is 6.61 Å². The maximum atomic E-state index is 13.6. The maximum Gasteiger partial charge on any atom is 0.194 e. The van der Waals surface area contributed by atoms with Gasteiger partial charge in [0.1, 0.15) is 35.5 Å². The van der Waals surface area contributed by atoms with Crippen LogP contribution in [0.15, 0.2) is 40.6 Å². The fourth-order valence-electron chi connectivity index (χ4n) is 3.14. The van der Waals surface area contributed by atoms with Gasteiger partial charge in [0.05, 0.1) is 17.7 Å². The highest BCUT2D eigenvalue weighted by atomic mass is 35.5. The van der Waals surface area contributed by atoms with Crippen LogP contribution in [0.1, 0.15) is 11.3 Å². The Hall–Kier alpha value is -2.73. The van der Waals surface area contributed by atoms with Crippen LogP contribution in [0.2, 0.25) is 5.02 Å². The third-order valence-corrected chi connectivity index (χ3v) is 6.28. The van der Waals surface area contributed by atoms with E-state index in [1.807, 2.05) is 6.07 Å². The van der Waals surface area contributed by atoms with Gasteiger partial charge in [0.2, 0.25) is 0 Å². The lowest BCUT2D eigenvalue weighted by Gasteiger charge is -2.42. The summed E-state index contributed by atoms with van der Waals surface area (Å²) >= 11 is 6.94. The number of thioether (sulfide) groups is 1. The van der Waals surface area contributed by atoms with Crippen molar-refractivity contribution in [2.45, 2.75) is 34.7 Å². The van der Waals surface area contributed by atoms with Crippen LogP contribution in [0.25, 0.3) is 5.70 Å². The number of nitriles is 1. The Bertz CT molecular complexity index is 1130. The smallest absolute Gasteiger partial charge is 0.194 e. The average Bonchev–Trinajstić information content (AvgIpc) is 2.81. The fourth-order valence-corrected chi connectivity index (χ4v) is 4.49. The first-order chi connectivity index (χ1) is 16.2. The van der Waals surface area contributed by atoms with Crippen molar-refractivity contribution >= 4 is 29.1 Å². The van der Waals surface area contributed by atoms with E-state index >= 15 is 0 Å². The normalized spacial score (nSPS) is 25.0. The summed E-state index contributed by atoms with van der Waals surface area (Å²) in [5.41, 5.74) is 5.64. The number of ether oxygens (including phenoxy) is 1. The van der Waals surface area contributed by atoms with Crippen molar-refractivity contribution < 1.29 is 33.2 Å². The van der Waals surface area contributed by atoms with Gasteiger partial charge in [-0.05, 0) is 18.2 Å². The molecule has 2 aromatic rings. The molecule has 9 nitrogen and oxygen atoms in total. The zero-order valence-electron chi connectivity index (χ0n) is 17.0. The van der Waals surface area contributed by atoms with Crippen LogP contribution in [0.4, 0.5) is 13.2 Å². The van der Waals surface area contributed by atoms with E-state index in [1.54, 1.807) is 0 Å². The highest BCUT2D eigenvalue weighted by molar-refractivity contribution is 7.99. The molecular weight excluding hydrogens is 499 g/mol. The van der Waals surface area contributed by atoms with E-state index in [0.717, 1.165) is 18.0 Å². The number of pyridine rings is 1. The van der Waals surface area contributed by atoms with Crippen LogP contribution in [-0.4, -0.2) is 56.7 Å². The second-order valence-electron chi connectivity index (χ2n) is 7.03. The predicted molar refractivity (Wildman–Crippen MR) is 114 cm³/mol.